The fourth-order valence-corrected chi connectivity index (χ4v) is 2.09. The third kappa shape index (κ3) is 2.04. The van der Waals surface area contributed by atoms with Crippen LogP contribution in [0.1, 0.15) is 13.8 Å². The van der Waals surface area contributed by atoms with Gasteiger partial charge in [0.25, 0.3) is 0 Å². The Balaban J connectivity index is 2.47. The zero-order chi connectivity index (χ0) is 10.7. The Morgan fingerprint density at radius 2 is 1.80 bits per heavy atom. The first-order chi connectivity index (χ1) is 7.35. The second-order valence-electron chi connectivity index (χ2n) is 2.99. The standard InChI is InChI=1S/C11H13NO2S/c1-3-13-9-5-8-11(15-7-12-8)6-10(9)14-4-2/h5-7H,3-4H2,1-2H3. The van der Waals surface area contributed by atoms with Crippen LogP contribution in [0.2, 0.25) is 0 Å². The molecule has 0 amide bonds. The van der Waals surface area contributed by atoms with Gasteiger partial charge in [-0.05, 0) is 13.8 Å². The Bertz CT molecular complexity index is 413. The number of hydrogen-bond donors (Lipinski definition) is 0. The van der Waals surface area contributed by atoms with Crippen molar-refractivity contribution in [1.82, 2.24) is 4.98 Å². The lowest BCUT2D eigenvalue weighted by atomic mass is 10.3. The zero-order valence-electron chi connectivity index (χ0n) is 8.82. The van der Waals surface area contributed by atoms with Crippen molar-refractivity contribution in [3.8, 4) is 11.5 Å². The van der Waals surface area contributed by atoms with Crippen molar-refractivity contribution in [2.75, 3.05) is 13.2 Å². The molecule has 15 heavy (non-hydrogen) atoms. The molecule has 0 N–H and O–H groups in total. The molecule has 0 unspecified atom stereocenters. The Morgan fingerprint density at radius 1 is 1.13 bits per heavy atom. The van der Waals surface area contributed by atoms with Crippen LogP contribution in [-0.2, 0) is 0 Å². The van der Waals surface area contributed by atoms with Gasteiger partial charge in [-0.15, -0.1) is 11.3 Å². The minimum atomic E-state index is 0.635. The molecule has 80 valence electrons. The zero-order valence-corrected chi connectivity index (χ0v) is 9.63. The summed E-state index contributed by atoms with van der Waals surface area (Å²) in [6, 6.07) is 3.92. The maximum atomic E-state index is 5.52. The topological polar surface area (TPSA) is 31.4 Å². The number of nitrogens with zero attached hydrogens (tertiary/aromatic N) is 1. The molecule has 0 aliphatic carbocycles. The van der Waals surface area contributed by atoms with Crippen LogP contribution in [0.4, 0.5) is 0 Å². The highest BCUT2D eigenvalue weighted by atomic mass is 32.1. The monoisotopic (exact) mass is 223 g/mol. The second-order valence-corrected chi connectivity index (χ2v) is 3.87. The van der Waals surface area contributed by atoms with Gasteiger partial charge in [-0.25, -0.2) is 4.98 Å². The fraction of sp³-hybridized carbons (Fsp3) is 0.364. The van der Waals surface area contributed by atoms with Crippen LogP contribution in [-0.4, -0.2) is 18.2 Å². The molecule has 1 heterocycles. The molecule has 0 aliphatic rings. The first kappa shape index (κ1) is 10.2. The van der Waals surface area contributed by atoms with Crippen molar-refractivity contribution in [2.24, 2.45) is 0 Å². The molecule has 0 atom stereocenters. The third-order valence-electron chi connectivity index (χ3n) is 2.00. The van der Waals surface area contributed by atoms with Crippen molar-refractivity contribution >= 4 is 21.6 Å². The highest BCUT2D eigenvalue weighted by Crippen LogP contribution is 2.33. The van der Waals surface area contributed by atoms with Crippen LogP contribution in [0.3, 0.4) is 0 Å². The molecule has 4 heteroatoms. The van der Waals surface area contributed by atoms with Crippen LogP contribution in [0.15, 0.2) is 17.6 Å². The summed E-state index contributed by atoms with van der Waals surface area (Å²) >= 11 is 1.61. The maximum Gasteiger partial charge on any atom is 0.163 e. The summed E-state index contributed by atoms with van der Waals surface area (Å²) in [5.74, 6) is 1.58. The van der Waals surface area contributed by atoms with Crippen LogP contribution >= 0.6 is 11.3 Å². The summed E-state index contributed by atoms with van der Waals surface area (Å²) in [7, 11) is 0. The van der Waals surface area contributed by atoms with Gasteiger partial charge in [0, 0.05) is 12.1 Å². The van der Waals surface area contributed by atoms with Crippen LogP contribution in [0.5, 0.6) is 11.5 Å². The van der Waals surface area contributed by atoms with E-state index in [2.05, 4.69) is 4.98 Å². The fourth-order valence-electron chi connectivity index (χ4n) is 1.40. The smallest absolute Gasteiger partial charge is 0.163 e. The van der Waals surface area contributed by atoms with Gasteiger partial charge in [-0.3, -0.25) is 0 Å². The van der Waals surface area contributed by atoms with Crippen molar-refractivity contribution in [3.63, 3.8) is 0 Å². The van der Waals surface area contributed by atoms with E-state index in [0.29, 0.717) is 13.2 Å². The Labute approximate surface area is 92.7 Å². The minimum absolute atomic E-state index is 0.635. The number of hydrogen-bond acceptors (Lipinski definition) is 4. The molecule has 0 saturated heterocycles. The van der Waals surface area contributed by atoms with Crippen LogP contribution in [0, 0.1) is 0 Å². The highest BCUT2D eigenvalue weighted by Gasteiger charge is 2.08. The summed E-state index contributed by atoms with van der Waals surface area (Å²) in [5, 5.41) is 0. The minimum Gasteiger partial charge on any atom is -0.490 e. The van der Waals surface area contributed by atoms with Gasteiger partial charge in [-0.2, -0.15) is 0 Å². The first-order valence-corrected chi connectivity index (χ1v) is 5.86. The van der Waals surface area contributed by atoms with E-state index in [4.69, 9.17) is 9.47 Å². The third-order valence-corrected chi connectivity index (χ3v) is 2.79. The van der Waals surface area contributed by atoms with Crippen molar-refractivity contribution in [3.05, 3.63) is 17.6 Å². The summed E-state index contributed by atoms with van der Waals surface area (Å²) < 4.78 is 12.2. The van der Waals surface area contributed by atoms with Crippen molar-refractivity contribution in [1.29, 1.82) is 0 Å². The maximum absolute atomic E-state index is 5.52. The lowest BCUT2D eigenvalue weighted by Crippen LogP contribution is -1.98. The molecule has 2 aromatic rings. The van der Waals surface area contributed by atoms with E-state index in [1.165, 1.54) is 0 Å². The summed E-state index contributed by atoms with van der Waals surface area (Å²) in [4.78, 5) is 4.25. The molecule has 0 saturated carbocycles. The second kappa shape index (κ2) is 4.49. The van der Waals surface area contributed by atoms with Gasteiger partial charge in [0.05, 0.1) is 28.9 Å². The molecule has 0 fully saturated rings. The van der Waals surface area contributed by atoms with Gasteiger partial charge in [0.15, 0.2) is 11.5 Å². The number of rotatable bonds is 4. The molecule has 2 rings (SSSR count). The average molecular weight is 223 g/mol. The van der Waals surface area contributed by atoms with E-state index >= 15 is 0 Å². The molecule has 0 aliphatic heterocycles. The molecular formula is C11H13NO2S. The highest BCUT2D eigenvalue weighted by molar-refractivity contribution is 7.16. The lowest BCUT2D eigenvalue weighted by Gasteiger charge is -2.10. The predicted octanol–water partition coefficient (Wildman–Crippen LogP) is 3.09. The SMILES string of the molecule is CCOc1cc2ncsc2cc1OCC. The largest absolute Gasteiger partial charge is 0.490 e. The van der Waals surface area contributed by atoms with Crippen molar-refractivity contribution < 1.29 is 9.47 Å². The molecule has 0 spiro atoms. The number of benzene rings is 1. The first-order valence-electron chi connectivity index (χ1n) is 4.98. The number of aromatic nitrogens is 1. The van der Waals surface area contributed by atoms with Crippen molar-refractivity contribution in [2.45, 2.75) is 13.8 Å². The normalized spacial score (nSPS) is 10.5. The quantitative estimate of drug-likeness (QED) is 0.798. The van der Waals surface area contributed by atoms with Gasteiger partial charge >= 0.3 is 0 Å². The summed E-state index contributed by atoms with van der Waals surface area (Å²) in [6.07, 6.45) is 0. The Morgan fingerprint density at radius 3 is 2.47 bits per heavy atom. The van der Waals surface area contributed by atoms with Crippen LogP contribution in [0.25, 0.3) is 10.2 Å². The van der Waals surface area contributed by atoms with Gasteiger partial charge in [0.2, 0.25) is 0 Å². The molecule has 3 nitrogen and oxygen atoms in total. The summed E-state index contributed by atoms with van der Waals surface area (Å²) in [5.41, 5.74) is 2.79. The van der Waals surface area contributed by atoms with E-state index in [1.807, 2.05) is 31.5 Å². The van der Waals surface area contributed by atoms with E-state index in [9.17, 15) is 0 Å². The Hall–Kier alpha value is -1.29. The Kier molecular flexibility index (Phi) is 3.06. The number of fused-ring (bicyclic) bond motifs is 1. The van der Waals surface area contributed by atoms with Gasteiger partial charge < -0.3 is 9.47 Å². The molecule has 1 aromatic carbocycles. The van der Waals surface area contributed by atoms with E-state index < -0.39 is 0 Å². The number of ether oxygens (including phenoxy) is 2. The van der Waals surface area contributed by atoms with E-state index in [1.54, 1.807) is 11.3 Å². The molecule has 0 radical (unpaired) electrons. The lowest BCUT2D eigenvalue weighted by molar-refractivity contribution is 0.288. The summed E-state index contributed by atoms with van der Waals surface area (Å²) in [6.45, 7) is 5.20. The van der Waals surface area contributed by atoms with E-state index in [-0.39, 0.29) is 0 Å². The van der Waals surface area contributed by atoms with E-state index in [0.717, 1.165) is 21.7 Å². The molecular weight excluding hydrogens is 210 g/mol. The van der Waals surface area contributed by atoms with Gasteiger partial charge in [-0.1, -0.05) is 0 Å². The van der Waals surface area contributed by atoms with Crippen LogP contribution < -0.4 is 9.47 Å². The predicted molar refractivity (Wildman–Crippen MR) is 62.0 cm³/mol. The van der Waals surface area contributed by atoms with Gasteiger partial charge in [0.1, 0.15) is 0 Å². The molecule has 0 bridgehead atoms. The molecule has 1 aromatic heterocycles. The average Bonchev–Trinajstić information content (AvgIpc) is 2.66. The number of thiazole rings is 1.